The molecule has 0 radical (unpaired) electrons. The normalized spacial score (nSPS) is 23.0. The lowest BCUT2D eigenvalue weighted by Gasteiger charge is -2.18. The molecule has 18 heavy (non-hydrogen) atoms. The van der Waals surface area contributed by atoms with Crippen molar-refractivity contribution < 1.29 is 4.42 Å². The van der Waals surface area contributed by atoms with E-state index in [9.17, 15) is 0 Å². The molecular weight excluding hydrogens is 290 g/mol. The van der Waals surface area contributed by atoms with E-state index in [0.717, 1.165) is 23.4 Å². The van der Waals surface area contributed by atoms with Crippen LogP contribution in [0.2, 0.25) is 0 Å². The molecule has 0 aromatic carbocycles. The first-order chi connectivity index (χ1) is 8.32. The summed E-state index contributed by atoms with van der Waals surface area (Å²) in [5.74, 6) is 1.67. The summed E-state index contributed by atoms with van der Waals surface area (Å²) >= 11 is 3.40. The Morgan fingerprint density at radius 1 is 1.28 bits per heavy atom. The molecule has 1 fully saturated rings. The molecule has 1 heterocycles. The molecule has 1 aliphatic rings. The molecule has 3 heteroatoms. The van der Waals surface area contributed by atoms with Crippen LogP contribution < -0.4 is 5.32 Å². The molecule has 1 aliphatic carbocycles. The van der Waals surface area contributed by atoms with Crippen molar-refractivity contribution in [1.82, 2.24) is 5.32 Å². The maximum absolute atomic E-state index is 5.78. The Kier molecular flexibility index (Phi) is 3.67. The highest BCUT2D eigenvalue weighted by molar-refractivity contribution is 9.10. The summed E-state index contributed by atoms with van der Waals surface area (Å²) in [5, 5.41) is 3.66. The van der Waals surface area contributed by atoms with Gasteiger partial charge in [-0.1, -0.05) is 34.6 Å². The first-order valence-corrected chi connectivity index (χ1v) is 7.60. The first kappa shape index (κ1) is 14.1. The van der Waals surface area contributed by atoms with Gasteiger partial charge in [-0.15, -0.1) is 0 Å². The number of halogens is 1. The molecule has 0 spiro atoms. The highest BCUT2D eigenvalue weighted by Gasteiger charge is 2.67. The van der Waals surface area contributed by atoms with Gasteiger partial charge in [-0.05, 0) is 57.8 Å². The van der Waals surface area contributed by atoms with Gasteiger partial charge in [0, 0.05) is 0 Å². The molecule has 0 bridgehead atoms. The summed E-state index contributed by atoms with van der Waals surface area (Å²) in [6.45, 7) is 12.7. The average molecular weight is 314 g/mol. The topological polar surface area (TPSA) is 25.2 Å². The fraction of sp³-hybridized carbons (Fsp3) is 0.733. The van der Waals surface area contributed by atoms with Crippen molar-refractivity contribution in [2.24, 2.45) is 16.7 Å². The van der Waals surface area contributed by atoms with Crippen molar-refractivity contribution in [3.63, 3.8) is 0 Å². The van der Waals surface area contributed by atoms with Crippen LogP contribution in [-0.2, 0) is 0 Å². The molecular formula is C15H24BrNO. The SMILES string of the molecule is CCCNC(c1ccc(Br)o1)C1C(C)(C)C1(C)C. The van der Waals surface area contributed by atoms with Gasteiger partial charge in [0.05, 0.1) is 6.04 Å². The van der Waals surface area contributed by atoms with Gasteiger partial charge in [0.1, 0.15) is 5.76 Å². The third-order valence-electron chi connectivity index (χ3n) is 4.98. The number of rotatable bonds is 5. The van der Waals surface area contributed by atoms with Crippen molar-refractivity contribution >= 4 is 15.9 Å². The quantitative estimate of drug-likeness (QED) is 0.847. The van der Waals surface area contributed by atoms with E-state index in [4.69, 9.17) is 4.42 Å². The molecule has 2 nitrogen and oxygen atoms in total. The zero-order valence-corrected chi connectivity index (χ0v) is 13.6. The summed E-state index contributed by atoms with van der Waals surface area (Å²) in [7, 11) is 0. The summed E-state index contributed by atoms with van der Waals surface area (Å²) < 4.78 is 6.60. The Hall–Kier alpha value is -0.280. The Morgan fingerprint density at radius 3 is 2.28 bits per heavy atom. The van der Waals surface area contributed by atoms with Crippen LogP contribution in [0.25, 0.3) is 0 Å². The van der Waals surface area contributed by atoms with Crippen LogP contribution in [0, 0.1) is 16.7 Å². The maximum Gasteiger partial charge on any atom is 0.169 e. The standard InChI is InChI=1S/C15H24BrNO/c1-6-9-17-12(10-7-8-11(16)18-10)13-14(2,3)15(13,4)5/h7-8,12-13,17H,6,9H2,1-5H3. The minimum atomic E-state index is 0.321. The summed E-state index contributed by atoms with van der Waals surface area (Å²) in [6.07, 6.45) is 1.14. The van der Waals surface area contributed by atoms with E-state index in [2.05, 4.69) is 61.9 Å². The summed E-state index contributed by atoms with van der Waals surface area (Å²) in [6, 6.07) is 4.39. The first-order valence-electron chi connectivity index (χ1n) is 6.81. The number of hydrogen-bond donors (Lipinski definition) is 1. The number of furan rings is 1. The number of hydrogen-bond acceptors (Lipinski definition) is 2. The van der Waals surface area contributed by atoms with Crippen LogP contribution in [0.3, 0.4) is 0 Å². The molecule has 0 aliphatic heterocycles. The van der Waals surface area contributed by atoms with E-state index in [1.807, 2.05) is 6.07 Å². The monoisotopic (exact) mass is 313 g/mol. The molecule has 1 saturated carbocycles. The summed E-state index contributed by atoms with van der Waals surface area (Å²) in [4.78, 5) is 0. The van der Waals surface area contributed by atoms with E-state index in [1.54, 1.807) is 0 Å². The van der Waals surface area contributed by atoms with Crippen LogP contribution in [-0.4, -0.2) is 6.54 Å². The van der Waals surface area contributed by atoms with Crippen molar-refractivity contribution in [1.29, 1.82) is 0 Å². The van der Waals surface area contributed by atoms with E-state index >= 15 is 0 Å². The largest absolute Gasteiger partial charge is 0.453 e. The Labute approximate surface area is 119 Å². The lowest BCUT2D eigenvalue weighted by molar-refractivity contribution is 0.337. The van der Waals surface area contributed by atoms with Crippen LogP contribution in [0.1, 0.15) is 52.8 Å². The van der Waals surface area contributed by atoms with Gasteiger partial charge in [-0.2, -0.15) is 0 Å². The van der Waals surface area contributed by atoms with Crippen molar-refractivity contribution in [2.45, 2.75) is 47.1 Å². The molecule has 1 atom stereocenters. The van der Waals surface area contributed by atoms with Gasteiger partial charge in [-0.3, -0.25) is 0 Å². The van der Waals surface area contributed by atoms with Gasteiger partial charge < -0.3 is 9.73 Å². The second kappa shape index (κ2) is 4.68. The van der Waals surface area contributed by atoms with Gasteiger partial charge in [0.25, 0.3) is 0 Å². The minimum absolute atomic E-state index is 0.321. The predicted octanol–water partition coefficient (Wildman–Crippen LogP) is 4.77. The molecule has 0 amide bonds. The molecule has 1 N–H and O–H groups in total. The van der Waals surface area contributed by atoms with E-state index in [1.165, 1.54) is 0 Å². The smallest absolute Gasteiger partial charge is 0.169 e. The van der Waals surface area contributed by atoms with E-state index < -0.39 is 0 Å². The highest BCUT2D eigenvalue weighted by Crippen LogP contribution is 2.72. The molecule has 1 aromatic heterocycles. The third-order valence-corrected chi connectivity index (χ3v) is 5.41. The maximum atomic E-state index is 5.78. The Bertz CT molecular complexity index is 408. The molecule has 2 rings (SSSR count). The van der Waals surface area contributed by atoms with Gasteiger partial charge >= 0.3 is 0 Å². The fourth-order valence-electron chi connectivity index (χ4n) is 3.26. The van der Waals surface area contributed by atoms with Gasteiger partial charge in [0.15, 0.2) is 4.67 Å². The van der Waals surface area contributed by atoms with Crippen molar-refractivity contribution in [3.8, 4) is 0 Å². The highest BCUT2D eigenvalue weighted by atomic mass is 79.9. The van der Waals surface area contributed by atoms with E-state index in [0.29, 0.717) is 22.8 Å². The average Bonchev–Trinajstić information content (AvgIpc) is 2.64. The Balaban J connectivity index is 2.22. The van der Waals surface area contributed by atoms with Gasteiger partial charge in [-0.25, -0.2) is 0 Å². The van der Waals surface area contributed by atoms with Crippen LogP contribution in [0.4, 0.5) is 0 Å². The fourth-order valence-corrected chi connectivity index (χ4v) is 3.58. The second-order valence-corrected chi connectivity index (χ2v) is 7.28. The zero-order valence-electron chi connectivity index (χ0n) is 12.0. The third kappa shape index (κ3) is 2.16. The minimum Gasteiger partial charge on any atom is -0.453 e. The van der Waals surface area contributed by atoms with Crippen LogP contribution in [0.15, 0.2) is 21.2 Å². The van der Waals surface area contributed by atoms with Crippen molar-refractivity contribution in [2.75, 3.05) is 6.54 Å². The zero-order chi connectivity index (χ0) is 13.6. The second-order valence-electron chi connectivity index (χ2n) is 6.49. The Morgan fingerprint density at radius 2 is 1.89 bits per heavy atom. The lowest BCUT2D eigenvalue weighted by Crippen LogP contribution is -2.25. The number of nitrogens with one attached hydrogen (secondary N) is 1. The lowest BCUT2D eigenvalue weighted by atomic mass is 10.0. The van der Waals surface area contributed by atoms with Crippen molar-refractivity contribution in [3.05, 3.63) is 22.6 Å². The molecule has 102 valence electrons. The summed E-state index contributed by atoms with van der Waals surface area (Å²) in [5.41, 5.74) is 0.718. The van der Waals surface area contributed by atoms with Crippen LogP contribution >= 0.6 is 15.9 Å². The van der Waals surface area contributed by atoms with Crippen LogP contribution in [0.5, 0.6) is 0 Å². The molecule has 1 aromatic rings. The van der Waals surface area contributed by atoms with E-state index in [-0.39, 0.29) is 0 Å². The predicted molar refractivity (Wildman–Crippen MR) is 78.5 cm³/mol. The van der Waals surface area contributed by atoms with Gasteiger partial charge in [0.2, 0.25) is 0 Å². The molecule has 1 unspecified atom stereocenters. The molecule has 0 saturated heterocycles.